The number of ether oxygens (including phenoxy) is 2. The van der Waals surface area contributed by atoms with Crippen molar-refractivity contribution in [2.75, 3.05) is 18.5 Å². The molecule has 3 atom stereocenters. The monoisotopic (exact) mass is 388 g/mol. The summed E-state index contributed by atoms with van der Waals surface area (Å²) in [5.41, 5.74) is 7.84. The Bertz CT molecular complexity index is 884. The third-order valence-corrected chi connectivity index (χ3v) is 5.76. The fraction of sp³-hybridized carbons (Fsp3) is 0.389. The van der Waals surface area contributed by atoms with Crippen LogP contribution in [0.25, 0.3) is 0 Å². The third kappa shape index (κ3) is 3.29. The zero-order valence-electron chi connectivity index (χ0n) is 14.9. The average molecular weight is 388 g/mol. The summed E-state index contributed by atoms with van der Waals surface area (Å²) in [5, 5.41) is 3.18. The molecule has 0 bridgehead atoms. The first-order chi connectivity index (χ1) is 13.1. The zero-order valence-corrected chi connectivity index (χ0v) is 15.8. The highest BCUT2D eigenvalue weighted by atomic mass is 32.1. The van der Waals surface area contributed by atoms with Gasteiger partial charge in [-0.1, -0.05) is 29.5 Å². The van der Waals surface area contributed by atoms with Gasteiger partial charge in [-0.3, -0.25) is 4.79 Å². The van der Waals surface area contributed by atoms with Gasteiger partial charge in [0.05, 0.1) is 24.9 Å². The number of fused-ring (bicyclic) bond motifs is 3. The van der Waals surface area contributed by atoms with E-state index in [9.17, 15) is 9.59 Å². The van der Waals surface area contributed by atoms with Crippen LogP contribution in [-0.4, -0.2) is 36.1 Å². The van der Waals surface area contributed by atoms with Gasteiger partial charge in [-0.2, -0.15) is 0 Å². The fourth-order valence-electron chi connectivity index (χ4n) is 3.42. The number of hydrogen-bond acceptors (Lipinski definition) is 8. The molecular weight excluding hydrogens is 368 g/mol. The summed E-state index contributed by atoms with van der Waals surface area (Å²) in [6.45, 7) is 4.19. The van der Waals surface area contributed by atoms with E-state index in [0.717, 1.165) is 22.6 Å². The first-order valence-electron chi connectivity index (χ1n) is 8.76. The maximum atomic E-state index is 12.8. The molecule has 2 aromatic rings. The van der Waals surface area contributed by atoms with E-state index in [0.29, 0.717) is 28.9 Å². The van der Waals surface area contributed by atoms with Gasteiger partial charge in [-0.25, -0.2) is 20.6 Å². The van der Waals surface area contributed by atoms with Crippen LogP contribution in [0.1, 0.15) is 33.9 Å². The van der Waals surface area contributed by atoms with Crippen molar-refractivity contribution < 1.29 is 19.1 Å². The van der Waals surface area contributed by atoms with E-state index in [1.54, 1.807) is 13.8 Å². The molecule has 9 heteroatoms. The molecule has 1 fully saturated rings. The van der Waals surface area contributed by atoms with Crippen LogP contribution in [0.3, 0.4) is 0 Å². The van der Waals surface area contributed by atoms with Gasteiger partial charge in [0.15, 0.2) is 5.13 Å². The predicted molar refractivity (Wildman–Crippen MR) is 99.7 cm³/mol. The van der Waals surface area contributed by atoms with Gasteiger partial charge in [0.1, 0.15) is 16.7 Å². The smallest absolute Gasteiger partial charge is 0.350 e. The Morgan fingerprint density at radius 3 is 3.00 bits per heavy atom. The van der Waals surface area contributed by atoms with Crippen molar-refractivity contribution in [3.63, 3.8) is 0 Å². The first kappa shape index (κ1) is 17.9. The lowest BCUT2D eigenvalue weighted by Gasteiger charge is -2.29. The predicted octanol–water partition coefficient (Wildman–Crippen LogP) is 1.79. The highest BCUT2D eigenvalue weighted by molar-refractivity contribution is 7.17. The Hall–Kier alpha value is -2.49. The number of anilines is 1. The van der Waals surface area contributed by atoms with Gasteiger partial charge in [-0.15, -0.1) is 0 Å². The number of esters is 1. The van der Waals surface area contributed by atoms with Crippen molar-refractivity contribution >= 4 is 28.3 Å². The number of hydrazine groups is 1. The molecule has 1 saturated heterocycles. The largest absolute Gasteiger partial charge is 0.493 e. The van der Waals surface area contributed by atoms with Crippen LogP contribution in [0.5, 0.6) is 5.75 Å². The lowest BCUT2D eigenvalue weighted by Crippen LogP contribution is -2.43. The van der Waals surface area contributed by atoms with E-state index in [1.807, 2.05) is 24.3 Å². The molecule has 0 spiro atoms. The molecule has 8 nitrogen and oxygen atoms in total. The third-order valence-electron chi connectivity index (χ3n) is 4.71. The number of para-hydroxylation sites is 1. The fourth-order valence-corrected chi connectivity index (χ4v) is 4.28. The van der Waals surface area contributed by atoms with Gasteiger partial charge >= 0.3 is 5.97 Å². The maximum absolute atomic E-state index is 12.8. The number of nitrogens with one attached hydrogen (secondary N) is 3. The van der Waals surface area contributed by atoms with Crippen LogP contribution < -0.4 is 20.9 Å². The molecule has 1 amide bonds. The van der Waals surface area contributed by atoms with Gasteiger partial charge < -0.3 is 14.8 Å². The summed E-state index contributed by atoms with van der Waals surface area (Å²) >= 11 is 1.12. The average Bonchev–Trinajstić information content (AvgIpc) is 3.25. The van der Waals surface area contributed by atoms with Crippen LogP contribution in [0.15, 0.2) is 24.3 Å². The molecule has 4 rings (SSSR count). The summed E-state index contributed by atoms with van der Waals surface area (Å²) in [5.74, 6) is 0.141. The number of nitrogens with zero attached hydrogens (tertiary/aromatic N) is 1. The van der Waals surface area contributed by atoms with Gasteiger partial charge in [0.2, 0.25) is 5.91 Å². The number of aromatic nitrogens is 1. The van der Waals surface area contributed by atoms with E-state index in [4.69, 9.17) is 9.47 Å². The highest BCUT2D eigenvalue weighted by Gasteiger charge is 2.44. The number of thiazole rings is 1. The topological polar surface area (TPSA) is 102 Å². The summed E-state index contributed by atoms with van der Waals surface area (Å²) in [6, 6.07) is 7.33. The van der Waals surface area contributed by atoms with Gasteiger partial charge in [-0.05, 0) is 19.9 Å². The quantitative estimate of drug-likeness (QED) is 0.687. The van der Waals surface area contributed by atoms with Crippen molar-refractivity contribution in [2.24, 2.45) is 5.92 Å². The Balaban J connectivity index is 1.47. The minimum absolute atomic E-state index is 0.00109. The summed E-state index contributed by atoms with van der Waals surface area (Å²) in [6.07, 6.45) is 0. The van der Waals surface area contributed by atoms with Crippen LogP contribution in [-0.2, 0) is 9.53 Å². The van der Waals surface area contributed by atoms with E-state index >= 15 is 0 Å². The van der Waals surface area contributed by atoms with Gasteiger partial charge in [0.25, 0.3) is 0 Å². The molecule has 1 aromatic heterocycles. The minimum Gasteiger partial charge on any atom is -0.493 e. The Kier molecular flexibility index (Phi) is 4.81. The Labute approximate surface area is 160 Å². The molecule has 3 N–H and O–H groups in total. The Morgan fingerprint density at radius 1 is 1.37 bits per heavy atom. The molecule has 3 unspecified atom stereocenters. The maximum Gasteiger partial charge on any atom is 0.350 e. The van der Waals surface area contributed by atoms with Crippen molar-refractivity contribution in [2.45, 2.75) is 25.9 Å². The molecule has 0 radical (unpaired) electrons. The van der Waals surface area contributed by atoms with Gasteiger partial charge in [0, 0.05) is 11.5 Å². The van der Waals surface area contributed by atoms with Crippen molar-refractivity contribution in [1.82, 2.24) is 15.8 Å². The second kappa shape index (κ2) is 7.26. The van der Waals surface area contributed by atoms with E-state index in [1.165, 1.54) is 0 Å². The van der Waals surface area contributed by atoms with E-state index in [2.05, 4.69) is 21.2 Å². The zero-order chi connectivity index (χ0) is 19.0. The second-order valence-electron chi connectivity index (χ2n) is 6.40. The first-order valence-corrected chi connectivity index (χ1v) is 9.58. The normalized spacial score (nSPS) is 23.1. The number of carbonyl (C=O) groups is 2. The Morgan fingerprint density at radius 2 is 2.19 bits per heavy atom. The van der Waals surface area contributed by atoms with Crippen molar-refractivity contribution in [1.29, 1.82) is 0 Å². The van der Waals surface area contributed by atoms with Crippen LogP contribution in [0.2, 0.25) is 0 Å². The van der Waals surface area contributed by atoms with Crippen LogP contribution in [0, 0.1) is 12.8 Å². The lowest BCUT2D eigenvalue weighted by atomic mass is 9.87. The number of hydrogen-bond donors (Lipinski definition) is 3. The minimum atomic E-state index is -0.474. The van der Waals surface area contributed by atoms with E-state index in [-0.39, 0.29) is 17.9 Å². The molecular formula is C18H20N4O4S. The molecule has 3 heterocycles. The second-order valence-corrected chi connectivity index (χ2v) is 7.40. The van der Waals surface area contributed by atoms with Crippen LogP contribution >= 0.6 is 11.3 Å². The molecule has 0 aliphatic carbocycles. The molecule has 142 valence electrons. The van der Waals surface area contributed by atoms with Crippen molar-refractivity contribution in [3.05, 3.63) is 40.4 Å². The van der Waals surface area contributed by atoms with Crippen LogP contribution in [0.4, 0.5) is 5.13 Å². The number of rotatable bonds is 4. The summed E-state index contributed by atoms with van der Waals surface area (Å²) in [7, 11) is 0. The summed E-state index contributed by atoms with van der Waals surface area (Å²) < 4.78 is 10.8. The molecule has 0 saturated carbocycles. The molecule has 27 heavy (non-hydrogen) atoms. The number of amides is 1. The number of aryl methyl sites for hydroxylation is 1. The molecule has 2 aliphatic heterocycles. The SMILES string of the molecule is CCOC(=O)c1sc(NC(=O)C2NNC3c4ccccc4OCC23)nc1C. The lowest BCUT2D eigenvalue weighted by molar-refractivity contribution is -0.119. The molecule has 2 aliphatic rings. The summed E-state index contributed by atoms with van der Waals surface area (Å²) in [4.78, 5) is 29.4. The number of carbonyl (C=O) groups excluding carboxylic acids is 2. The standard InChI is InChI=1S/C18H20N4O4S/c1-3-25-17(24)15-9(2)19-18(27-15)20-16(23)14-11-8-26-12-7-5-4-6-10(12)13(11)21-22-14/h4-7,11,13-14,21-22H,3,8H2,1-2H3,(H,19,20,23). The van der Waals surface area contributed by atoms with Crippen molar-refractivity contribution in [3.8, 4) is 5.75 Å². The van der Waals surface area contributed by atoms with E-state index < -0.39 is 12.0 Å². The molecule has 1 aromatic carbocycles. The number of benzene rings is 1. The highest BCUT2D eigenvalue weighted by Crippen LogP contribution is 2.39.